The van der Waals surface area contributed by atoms with E-state index in [2.05, 4.69) is 23.5 Å². The van der Waals surface area contributed by atoms with Gasteiger partial charge in [-0.25, -0.2) is 4.79 Å². The third-order valence-corrected chi connectivity index (χ3v) is 2.87. The van der Waals surface area contributed by atoms with Crippen LogP contribution < -0.4 is 0 Å². The van der Waals surface area contributed by atoms with Crippen LogP contribution >= 0.6 is 0 Å². The van der Waals surface area contributed by atoms with Crippen LogP contribution in [0.5, 0.6) is 0 Å². The van der Waals surface area contributed by atoms with Gasteiger partial charge in [0.15, 0.2) is 5.60 Å². The van der Waals surface area contributed by atoms with Gasteiger partial charge in [0.1, 0.15) is 0 Å². The van der Waals surface area contributed by atoms with Gasteiger partial charge >= 0.3 is 5.97 Å². The van der Waals surface area contributed by atoms with E-state index in [4.69, 9.17) is 0 Å². The highest BCUT2D eigenvalue weighted by Crippen LogP contribution is 2.23. The minimum Gasteiger partial charge on any atom is -0.467 e. The van der Waals surface area contributed by atoms with Gasteiger partial charge in [-0.15, -0.1) is 0 Å². The number of rotatable bonds is 3. The number of hydrogen-bond donors (Lipinski definition) is 1. The average molecular weight is 215 g/mol. The van der Waals surface area contributed by atoms with E-state index >= 15 is 0 Å². The number of hydrogen-bond acceptors (Lipinski definition) is 4. The van der Waals surface area contributed by atoms with Gasteiger partial charge in [-0.1, -0.05) is 13.8 Å². The van der Waals surface area contributed by atoms with Gasteiger partial charge in [-0.2, -0.15) is 0 Å². The monoisotopic (exact) mass is 215 g/mol. The molecule has 0 aliphatic carbocycles. The molecule has 0 aromatic carbocycles. The summed E-state index contributed by atoms with van der Waals surface area (Å²) in [6.07, 6.45) is 0.957. The molecule has 0 amide bonds. The number of aliphatic hydroxyl groups is 1. The smallest absolute Gasteiger partial charge is 0.337 e. The lowest BCUT2D eigenvalue weighted by atomic mass is 9.91. The molecular weight excluding hydrogens is 194 g/mol. The summed E-state index contributed by atoms with van der Waals surface area (Å²) in [5.41, 5.74) is -1.25. The third kappa shape index (κ3) is 3.18. The van der Waals surface area contributed by atoms with Crippen LogP contribution in [0.2, 0.25) is 0 Å². The predicted molar refractivity (Wildman–Crippen MR) is 57.5 cm³/mol. The molecular formula is C11H21NO3. The zero-order chi connectivity index (χ0) is 11.5. The Bertz CT molecular complexity index is 220. The van der Waals surface area contributed by atoms with Crippen molar-refractivity contribution in [2.75, 3.05) is 26.7 Å². The molecule has 1 saturated heterocycles. The summed E-state index contributed by atoms with van der Waals surface area (Å²) in [7, 11) is 1.32. The van der Waals surface area contributed by atoms with Gasteiger partial charge < -0.3 is 14.7 Å². The topological polar surface area (TPSA) is 49.8 Å². The molecule has 0 radical (unpaired) electrons. The normalized spacial score (nSPS) is 21.7. The zero-order valence-corrected chi connectivity index (χ0v) is 9.82. The summed E-state index contributed by atoms with van der Waals surface area (Å²) in [5.74, 6) is 0.126. The number of likely N-dealkylation sites (tertiary alicyclic amines) is 1. The molecule has 15 heavy (non-hydrogen) atoms. The minimum absolute atomic E-state index is 0.479. The van der Waals surface area contributed by atoms with Crippen molar-refractivity contribution in [3.8, 4) is 0 Å². The molecule has 1 heterocycles. The van der Waals surface area contributed by atoms with Gasteiger partial charge in [-0.05, 0) is 18.8 Å². The van der Waals surface area contributed by atoms with Crippen LogP contribution in [0, 0.1) is 5.92 Å². The molecule has 1 fully saturated rings. The molecule has 0 unspecified atom stereocenters. The van der Waals surface area contributed by atoms with Crippen LogP contribution in [-0.4, -0.2) is 48.3 Å². The molecule has 1 aliphatic heterocycles. The first-order chi connectivity index (χ1) is 6.98. The van der Waals surface area contributed by atoms with Gasteiger partial charge in [0.05, 0.1) is 7.11 Å². The maximum atomic E-state index is 11.3. The average Bonchev–Trinajstić information content (AvgIpc) is 2.20. The van der Waals surface area contributed by atoms with Gasteiger partial charge in [-0.3, -0.25) is 0 Å². The number of ether oxygens (including phenoxy) is 1. The Hall–Kier alpha value is -0.610. The van der Waals surface area contributed by atoms with Crippen molar-refractivity contribution < 1.29 is 14.6 Å². The molecule has 0 aromatic rings. The van der Waals surface area contributed by atoms with E-state index in [0.29, 0.717) is 18.8 Å². The maximum absolute atomic E-state index is 11.3. The first-order valence-corrected chi connectivity index (χ1v) is 5.51. The van der Waals surface area contributed by atoms with Crippen molar-refractivity contribution in [3.63, 3.8) is 0 Å². The number of carbonyl (C=O) groups is 1. The van der Waals surface area contributed by atoms with E-state index < -0.39 is 11.6 Å². The fourth-order valence-corrected chi connectivity index (χ4v) is 2.02. The number of carbonyl (C=O) groups excluding carboxylic acids is 1. The van der Waals surface area contributed by atoms with E-state index in [9.17, 15) is 9.90 Å². The molecule has 0 spiro atoms. The summed E-state index contributed by atoms with van der Waals surface area (Å²) in [4.78, 5) is 13.6. The summed E-state index contributed by atoms with van der Waals surface area (Å²) in [5, 5.41) is 9.99. The van der Waals surface area contributed by atoms with E-state index in [1.54, 1.807) is 0 Å². The molecule has 88 valence electrons. The van der Waals surface area contributed by atoms with Crippen LogP contribution in [0.1, 0.15) is 26.7 Å². The Morgan fingerprint density at radius 2 is 2.00 bits per heavy atom. The largest absolute Gasteiger partial charge is 0.467 e. The number of methoxy groups -OCH3 is 1. The van der Waals surface area contributed by atoms with Crippen LogP contribution in [0.25, 0.3) is 0 Å². The summed E-state index contributed by atoms with van der Waals surface area (Å²) < 4.78 is 4.60. The fraction of sp³-hybridized carbons (Fsp3) is 0.909. The molecule has 1 rings (SSSR count). The zero-order valence-electron chi connectivity index (χ0n) is 9.82. The molecule has 4 heteroatoms. The van der Waals surface area contributed by atoms with Crippen LogP contribution in [0.4, 0.5) is 0 Å². The fourth-order valence-electron chi connectivity index (χ4n) is 2.02. The maximum Gasteiger partial charge on any atom is 0.337 e. The van der Waals surface area contributed by atoms with Crippen molar-refractivity contribution in [3.05, 3.63) is 0 Å². The first-order valence-electron chi connectivity index (χ1n) is 5.51. The molecule has 0 saturated carbocycles. The predicted octanol–water partition coefficient (Wildman–Crippen LogP) is 0.642. The van der Waals surface area contributed by atoms with Crippen molar-refractivity contribution in [1.82, 2.24) is 4.90 Å². The van der Waals surface area contributed by atoms with Crippen LogP contribution in [-0.2, 0) is 9.53 Å². The molecule has 0 atom stereocenters. The number of esters is 1. The Kier molecular flexibility index (Phi) is 4.11. The highest BCUT2D eigenvalue weighted by molar-refractivity contribution is 5.79. The quantitative estimate of drug-likeness (QED) is 0.702. The van der Waals surface area contributed by atoms with E-state index in [1.165, 1.54) is 7.11 Å². The van der Waals surface area contributed by atoms with E-state index in [1.807, 2.05) is 0 Å². The summed E-state index contributed by atoms with van der Waals surface area (Å²) >= 11 is 0. The lowest BCUT2D eigenvalue weighted by Crippen LogP contribution is -2.50. The van der Waals surface area contributed by atoms with Crippen molar-refractivity contribution in [2.24, 2.45) is 5.92 Å². The Balaban J connectivity index is 2.44. The second-order valence-corrected chi connectivity index (χ2v) is 4.72. The molecule has 1 N–H and O–H groups in total. The summed E-state index contributed by atoms with van der Waals surface area (Å²) in [6, 6.07) is 0. The van der Waals surface area contributed by atoms with Crippen molar-refractivity contribution in [1.29, 1.82) is 0 Å². The minimum atomic E-state index is -1.25. The molecule has 0 aromatic heterocycles. The highest BCUT2D eigenvalue weighted by Gasteiger charge is 2.40. The Morgan fingerprint density at radius 3 is 2.40 bits per heavy atom. The number of piperidine rings is 1. The van der Waals surface area contributed by atoms with E-state index in [0.717, 1.165) is 19.6 Å². The molecule has 4 nitrogen and oxygen atoms in total. The standard InChI is InChI=1S/C11H21NO3/c1-9(2)8-12-6-4-11(14,5-7-12)10(13)15-3/h9,14H,4-8H2,1-3H3. The Morgan fingerprint density at radius 1 is 1.47 bits per heavy atom. The second kappa shape index (κ2) is 4.94. The SMILES string of the molecule is COC(=O)C1(O)CCN(CC(C)C)CC1. The Labute approximate surface area is 91.2 Å². The molecule has 0 bridgehead atoms. The molecule has 1 aliphatic rings. The third-order valence-electron chi connectivity index (χ3n) is 2.87. The van der Waals surface area contributed by atoms with Gasteiger partial charge in [0, 0.05) is 19.6 Å². The van der Waals surface area contributed by atoms with Crippen LogP contribution in [0.15, 0.2) is 0 Å². The lowest BCUT2D eigenvalue weighted by molar-refractivity contribution is -0.167. The lowest BCUT2D eigenvalue weighted by Gasteiger charge is -2.36. The van der Waals surface area contributed by atoms with Gasteiger partial charge in [0.25, 0.3) is 0 Å². The van der Waals surface area contributed by atoms with E-state index in [-0.39, 0.29) is 0 Å². The van der Waals surface area contributed by atoms with Crippen molar-refractivity contribution in [2.45, 2.75) is 32.3 Å². The van der Waals surface area contributed by atoms with Crippen molar-refractivity contribution >= 4 is 5.97 Å². The second-order valence-electron chi connectivity index (χ2n) is 4.72. The number of nitrogens with zero attached hydrogens (tertiary/aromatic N) is 1. The first kappa shape index (κ1) is 12.5. The van der Waals surface area contributed by atoms with Crippen LogP contribution in [0.3, 0.4) is 0 Å². The highest BCUT2D eigenvalue weighted by atomic mass is 16.5. The van der Waals surface area contributed by atoms with Gasteiger partial charge in [0.2, 0.25) is 0 Å². The summed E-state index contributed by atoms with van der Waals surface area (Å²) in [6.45, 7) is 6.90.